The fourth-order valence-electron chi connectivity index (χ4n) is 1.74. The average molecular weight is 226 g/mol. The van der Waals surface area contributed by atoms with E-state index in [0.29, 0.717) is 11.3 Å². The minimum absolute atomic E-state index is 0.0307. The molecule has 0 heterocycles. The molecule has 3 heteroatoms. The van der Waals surface area contributed by atoms with Gasteiger partial charge in [0.05, 0.1) is 12.7 Å². The van der Waals surface area contributed by atoms with Gasteiger partial charge in [0.2, 0.25) is 0 Å². The van der Waals surface area contributed by atoms with E-state index in [-0.39, 0.29) is 11.7 Å². The minimum atomic E-state index is -1.08. The highest BCUT2D eigenvalue weighted by Crippen LogP contribution is 2.37. The Bertz CT molecular complexity index is 361. The summed E-state index contributed by atoms with van der Waals surface area (Å²) >= 11 is 0. The van der Waals surface area contributed by atoms with E-state index in [4.69, 9.17) is 4.74 Å². The number of ether oxygens (including phenoxy) is 1. The third-order valence-corrected chi connectivity index (χ3v) is 3.28. The normalized spacial score (nSPS) is 16.6. The number of hydrogen-bond acceptors (Lipinski definition) is 2. The summed E-state index contributed by atoms with van der Waals surface area (Å²) in [5.41, 5.74) is -0.577. The van der Waals surface area contributed by atoms with Gasteiger partial charge in [0.1, 0.15) is 11.6 Å². The molecule has 0 aliphatic heterocycles. The molecule has 0 saturated carbocycles. The largest absolute Gasteiger partial charge is 0.496 e. The maximum absolute atomic E-state index is 13.2. The van der Waals surface area contributed by atoms with E-state index in [0.717, 1.165) is 6.42 Å². The molecule has 0 saturated heterocycles. The van der Waals surface area contributed by atoms with E-state index in [9.17, 15) is 9.50 Å². The highest BCUT2D eigenvalue weighted by Gasteiger charge is 2.32. The van der Waals surface area contributed by atoms with Crippen molar-refractivity contribution in [1.82, 2.24) is 0 Å². The van der Waals surface area contributed by atoms with Crippen LogP contribution in [-0.2, 0) is 5.60 Å². The Morgan fingerprint density at radius 3 is 2.62 bits per heavy atom. The molecule has 2 atom stereocenters. The van der Waals surface area contributed by atoms with Crippen molar-refractivity contribution in [3.05, 3.63) is 29.6 Å². The van der Waals surface area contributed by atoms with Gasteiger partial charge in [-0.25, -0.2) is 4.39 Å². The lowest BCUT2D eigenvalue weighted by atomic mass is 9.82. The molecule has 0 aliphatic carbocycles. The van der Waals surface area contributed by atoms with Gasteiger partial charge in [-0.1, -0.05) is 20.3 Å². The Labute approximate surface area is 96.1 Å². The lowest BCUT2D eigenvalue weighted by molar-refractivity contribution is -0.00223. The summed E-state index contributed by atoms with van der Waals surface area (Å²) in [6.07, 6.45) is 0.812. The lowest BCUT2D eigenvalue weighted by Crippen LogP contribution is -2.30. The maximum Gasteiger partial charge on any atom is 0.125 e. The molecule has 90 valence electrons. The monoisotopic (exact) mass is 226 g/mol. The van der Waals surface area contributed by atoms with Gasteiger partial charge in [-0.15, -0.1) is 0 Å². The van der Waals surface area contributed by atoms with Crippen molar-refractivity contribution in [2.24, 2.45) is 5.92 Å². The molecular formula is C13H19FO2. The van der Waals surface area contributed by atoms with Crippen LogP contribution in [0.2, 0.25) is 0 Å². The summed E-state index contributed by atoms with van der Waals surface area (Å²) in [6, 6.07) is 4.21. The Balaban J connectivity index is 3.24. The number of rotatable bonds is 4. The highest BCUT2D eigenvalue weighted by molar-refractivity contribution is 5.38. The second-order valence-electron chi connectivity index (χ2n) is 4.30. The minimum Gasteiger partial charge on any atom is -0.496 e. The van der Waals surface area contributed by atoms with Crippen LogP contribution >= 0.6 is 0 Å². The van der Waals surface area contributed by atoms with E-state index in [1.54, 1.807) is 13.0 Å². The van der Waals surface area contributed by atoms with Crippen LogP contribution in [-0.4, -0.2) is 12.2 Å². The zero-order chi connectivity index (χ0) is 12.3. The zero-order valence-electron chi connectivity index (χ0n) is 10.2. The van der Waals surface area contributed by atoms with Crippen LogP contribution in [0, 0.1) is 11.7 Å². The fourth-order valence-corrected chi connectivity index (χ4v) is 1.74. The SMILES string of the molecule is CCC(C)C(C)(O)c1cc(F)ccc1OC. The van der Waals surface area contributed by atoms with Crippen molar-refractivity contribution < 1.29 is 14.2 Å². The van der Waals surface area contributed by atoms with Gasteiger partial charge >= 0.3 is 0 Å². The Hall–Kier alpha value is -1.09. The number of methoxy groups -OCH3 is 1. The first-order chi connectivity index (χ1) is 7.43. The van der Waals surface area contributed by atoms with Crippen LogP contribution < -0.4 is 4.74 Å². The van der Waals surface area contributed by atoms with E-state index in [1.165, 1.54) is 19.2 Å². The standard InChI is InChI=1S/C13H19FO2/c1-5-9(2)13(3,15)11-8-10(14)6-7-12(11)16-4/h6-9,15H,5H2,1-4H3. The first-order valence-electron chi connectivity index (χ1n) is 5.49. The quantitative estimate of drug-likeness (QED) is 0.854. The van der Waals surface area contributed by atoms with Crippen LogP contribution in [0.4, 0.5) is 4.39 Å². The third-order valence-electron chi connectivity index (χ3n) is 3.28. The van der Waals surface area contributed by atoms with Crippen molar-refractivity contribution in [2.45, 2.75) is 32.8 Å². The molecule has 0 amide bonds. The summed E-state index contributed by atoms with van der Waals surface area (Å²) < 4.78 is 18.4. The fraction of sp³-hybridized carbons (Fsp3) is 0.538. The topological polar surface area (TPSA) is 29.5 Å². The molecule has 0 radical (unpaired) electrons. The number of hydrogen-bond donors (Lipinski definition) is 1. The molecule has 16 heavy (non-hydrogen) atoms. The molecule has 1 N–H and O–H groups in total. The second-order valence-corrected chi connectivity index (χ2v) is 4.30. The van der Waals surface area contributed by atoms with Crippen LogP contribution in [0.1, 0.15) is 32.8 Å². The van der Waals surface area contributed by atoms with Gasteiger partial charge in [-0.3, -0.25) is 0 Å². The molecule has 2 nitrogen and oxygen atoms in total. The molecule has 1 rings (SSSR count). The summed E-state index contributed by atoms with van der Waals surface area (Å²) in [7, 11) is 1.52. The Morgan fingerprint density at radius 1 is 1.50 bits per heavy atom. The Morgan fingerprint density at radius 2 is 2.12 bits per heavy atom. The van der Waals surface area contributed by atoms with Crippen molar-refractivity contribution in [2.75, 3.05) is 7.11 Å². The van der Waals surface area contributed by atoms with Gasteiger partial charge in [-0.2, -0.15) is 0 Å². The van der Waals surface area contributed by atoms with Crippen LogP contribution in [0.25, 0.3) is 0 Å². The molecule has 1 aromatic carbocycles. The van der Waals surface area contributed by atoms with Gasteiger partial charge in [0, 0.05) is 5.56 Å². The van der Waals surface area contributed by atoms with Crippen molar-refractivity contribution >= 4 is 0 Å². The van der Waals surface area contributed by atoms with Gasteiger partial charge in [0.15, 0.2) is 0 Å². The average Bonchev–Trinajstić information content (AvgIpc) is 2.27. The third kappa shape index (κ3) is 2.35. The van der Waals surface area contributed by atoms with Crippen molar-refractivity contribution in [1.29, 1.82) is 0 Å². The van der Waals surface area contributed by atoms with E-state index >= 15 is 0 Å². The van der Waals surface area contributed by atoms with E-state index in [2.05, 4.69) is 0 Å². The predicted molar refractivity (Wildman–Crippen MR) is 62.0 cm³/mol. The lowest BCUT2D eigenvalue weighted by Gasteiger charge is -2.31. The second kappa shape index (κ2) is 4.83. The van der Waals surface area contributed by atoms with Crippen LogP contribution in [0.3, 0.4) is 0 Å². The highest BCUT2D eigenvalue weighted by atomic mass is 19.1. The van der Waals surface area contributed by atoms with E-state index in [1.807, 2.05) is 13.8 Å². The first kappa shape index (κ1) is 13.0. The predicted octanol–water partition coefficient (Wildman–Crippen LogP) is 3.09. The molecule has 0 bridgehead atoms. The maximum atomic E-state index is 13.2. The molecular weight excluding hydrogens is 207 g/mol. The Kier molecular flexibility index (Phi) is 3.92. The number of benzene rings is 1. The summed E-state index contributed by atoms with van der Waals surface area (Å²) in [5, 5.41) is 10.4. The summed E-state index contributed by atoms with van der Waals surface area (Å²) in [5.74, 6) is 0.189. The first-order valence-corrected chi connectivity index (χ1v) is 5.49. The van der Waals surface area contributed by atoms with Crippen molar-refractivity contribution in [3.8, 4) is 5.75 Å². The van der Waals surface area contributed by atoms with E-state index < -0.39 is 5.60 Å². The molecule has 0 spiro atoms. The zero-order valence-corrected chi connectivity index (χ0v) is 10.2. The number of halogens is 1. The molecule has 2 unspecified atom stereocenters. The van der Waals surface area contributed by atoms with Crippen molar-refractivity contribution in [3.63, 3.8) is 0 Å². The summed E-state index contributed by atoms with van der Waals surface area (Å²) in [4.78, 5) is 0. The number of aliphatic hydroxyl groups is 1. The van der Waals surface area contributed by atoms with Crippen LogP contribution in [0.5, 0.6) is 5.75 Å². The molecule has 0 aliphatic rings. The molecule has 0 aromatic heterocycles. The van der Waals surface area contributed by atoms with Gasteiger partial charge in [-0.05, 0) is 31.0 Å². The van der Waals surface area contributed by atoms with Crippen LogP contribution in [0.15, 0.2) is 18.2 Å². The van der Waals surface area contributed by atoms with Gasteiger partial charge in [0.25, 0.3) is 0 Å². The van der Waals surface area contributed by atoms with Gasteiger partial charge < -0.3 is 9.84 Å². The molecule has 0 fully saturated rings. The smallest absolute Gasteiger partial charge is 0.125 e. The molecule has 1 aromatic rings. The summed E-state index contributed by atoms with van der Waals surface area (Å²) in [6.45, 7) is 5.62.